The molecule has 0 radical (unpaired) electrons. The van der Waals surface area contributed by atoms with Crippen LogP contribution in [-0.4, -0.2) is 12.1 Å². The van der Waals surface area contributed by atoms with Crippen molar-refractivity contribution in [2.24, 2.45) is 5.10 Å². The molecule has 0 aliphatic heterocycles. The standard InChI is InChI=1S/C17H24N2O/c1-2-6-17(19-18-13-20)16-11-9-15(10-12-16)14-7-4-3-5-8-14/h9-14H,2-8H2,1H3,(H,18,20)/b19-17+. The van der Waals surface area contributed by atoms with Gasteiger partial charge in [-0.2, -0.15) is 5.10 Å². The molecule has 1 aromatic rings. The van der Waals surface area contributed by atoms with Crippen molar-refractivity contribution in [3.05, 3.63) is 35.4 Å². The molecule has 0 spiro atoms. The fraction of sp³-hybridized carbons (Fsp3) is 0.529. The Labute approximate surface area is 121 Å². The molecule has 0 atom stereocenters. The molecule has 108 valence electrons. The van der Waals surface area contributed by atoms with E-state index in [0.717, 1.165) is 30.0 Å². The molecule has 1 fully saturated rings. The fourth-order valence-electron chi connectivity index (χ4n) is 2.99. The second-order valence-electron chi connectivity index (χ2n) is 5.51. The number of hydrogen-bond acceptors (Lipinski definition) is 2. The quantitative estimate of drug-likeness (QED) is 0.475. The molecule has 2 rings (SSSR count). The molecule has 1 N–H and O–H groups in total. The molecular formula is C17H24N2O. The molecule has 0 aromatic heterocycles. The van der Waals surface area contributed by atoms with Crippen LogP contribution in [0.5, 0.6) is 0 Å². The van der Waals surface area contributed by atoms with E-state index in [0.29, 0.717) is 6.41 Å². The molecule has 3 heteroatoms. The van der Waals surface area contributed by atoms with Crippen molar-refractivity contribution in [1.82, 2.24) is 5.43 Å². The summed E-state index contributed by atoms with van der Waals surface area (Å²) in [7, 11) is 0. The van der Waals surface area contributed by atoms with Crippen molar-refractivity contribution in [2.45, 2.75) is 57.8 Å². The third-order valence-corrected chi connectivity index (χ3v) is 4.06. The number of nitrogens with one attached hydrogen (secondary N) is 1. The van der Waals surface area contributed by atoms with Gasteiger partial charge in [0.25, 0.3) is 0 Å². The molecule has 1 aromatic carbocycles. The SMILES string of the molecule is CCC/C(=N\NC=O)c1ccc(C2CCCCC2)cc1. The van der Waals surface area contributed by atoms with Crippen LogP contribution in [0.3, 0.4) is 0 Å². The minimum atomic E-state index is 0.617. The first kappa shape index (κ1) is 14.8. The highest BCUT2D eigenvalue weighted by molar-refractivity contribution is 6.00. The lowest BCUT2D eigenvalue weighted by molar-refractivity contribution is -0.109. The van der Waals surface area contributed by atoms with Gasteiger partial charge in [0.15, 0.2) is 0 Å². The Bertz CT molecular complexity index is 445. The van der Waals surface area contributed by atoms with Crippen LogP contribution in [0.1, 0.15) is 68.9 Å². The van der Waals surface area contributed by atoms with Gasteiger partial charge in [-0.25, -0.2) is 5.43 Å². The first-order valence-corrected chi connectivity index (χ1v) is 7.71. The second-order valence-corrected chi connectivity index (χ2v) is 5.51. The summed E-state index contributed by atoms with van der Waals surface area (Å²) in [6.45, 7) is 2.12. The summed E-state index contributed by atoms with van der Waals surface area (Å²) in [6.07, 6.45) is 9.26. The smallest absolute Gasteiger partial charge is 0.227 e. The van der Waals surface area contributed by atoms with Gasteiger partial charge in [-0.15, -0.1) is 0 Å². The molecule has 1 saturated carbocycles. The van der Waals surface area contributed by atoms with Gasteiger partial charge in [-0.3, -0.25) is 4.79 Å². The van der Waals surface area contributed by atoms with E-state index in [2.05, 4.69) is 41.7 Å². The highest BCUT2D eigenvalue weighted by atomic mass is 16.1. The largest absolute Gasteiger partial charge is 0.277 e. The lowest BCUT2D eigenvalue weighted by atomic mass is 9.84. The Morgan fingerprint density at radius 1 is 1.25 bits per heavy atom. The van der Waals surface area contributed by atoms with Crippen LogP contribution in [0.4, 0.5) is 0 Å². The Balaban J connectivity index is 2.10. The van der Waals surface area contributed by atoms with Crippen LogP contribution in [-0.2, 0) is 4.79 Å². The van der Waals surface area contributed by atoms with Crippen molar-refractivity contribution in [3.8, 4) is 0 Å². The number of hydrazone groups is 1. The van der Waals surface area contributed by atoms with Gasteiger partial charge in [0.05, 0.1) is 5.71 Å². The van der Waals surface area contributed by atoms with Gasteiger partial charge in [0, 0.05) is 0 Å². The van der Waals surface area contributed by atoms with Gasteiger partial charge >= 0.3 is 0 Å². The van der Waals surface area contributed by atoms with Gasteiger partial charge in [0.1, 0.15) is 0 Å². The van der Waals surface area contributed by atoms with Crippen molar-refractivity contribution in [1.29, 1.82) is 0 Å². The zero-order chi connectivity index (χ0) is 14.2. The maximum atomic E-state index is 10.4. The van der Waals surface area contributed by atoms with E-state index in [-0.39, 0.29) is 0 Å². The Kier molecular flexibility index (Phi) is 5.78. The number of hydrogen-bond donors (Lipinski definition) is 1. The Hall–Kier alpha value is -1.64. The molecule has 3 nitrogen and oxygen atoms in total. The predicted molar refractivity (Wildman–Crippen MR) is 82.9 cm³/mol. The Morgan fingerprint density at radius 3 is 2.55 bits per heavy atom. The molecule has 1 aliphatic carbocycles. The van der Waals surface area contributed by atoms with Crippen LogP contribution in [0, 0.1) is 0 Å². The highest BCUT2D eigenvalue weighted by Crippen LogP contribution is 2.32. The predicted octanol–water partition coefficient (Wildman–Crippen LogP) is 3.98. The van der Waals surface area contributed by atoms with Crippen LogP contribution >= 0.6 is 0 Å². The number of carbonyl (C=O) groups excluding carboxylic acids is 1. The third-order valence-electron chi connectivity index (χ3n) is 4.06. The lowest BCUT2D eigenvalue weighted by Gasteiger charge is -2.22. The average Bonchev–Trinajstić information content (AvgIpc) is 2.52. The first-order chi connectivity index (χ1) is 9.85. The van der Waals surface area contributed by atoms with E-state index in [9.17, 15) is 4.79 Å². The van der Waals surface area contributed by atoms with Gasteiger partial charge < -0.3 is 0 Å². The number of carbonyl (C=O) groups is 1. The summed E-state index contributed by atoms with van der Waals surface area (Å²) < 4.78 is 0. The van der Waals surface area contributed by atoms with Crippen LogP contribution in [0.15, 0.2) is 29.4 Å². The summed E-state index contributed by atoms with van der Waals surface area (Å²) >= 11 is 0. The minimum Gasteiger partial charge on any atom is -0.277 e. The zero-order valence-corrected chi connectivity index (χ0v) is 12.3. The van der Waals surface area contributed by atoms with Gasteiger partial charge in [0.2, 0.25) is 6.41 Å². The summed E-state index contributed by atoms with van der Waals surface area (Å²) in [4.78, 5) is 10.4. The highest BCUT2D eigenvalue weighted by Gasteiger charge is 2.15. The molecule has 0 unspecified atom stereocenters. The van der Waals surface area contributed by atoms with E-state index in [1.807, 2.05) is 0 Å². The number of amides is 1. The second kappa shape index (κ2) is 7.83. The molecule has 0 saturated heterocycles. The summed E-state index contributed by atoms with van der Waals surface area (Å²) in [5.41, 5.74) is 5.93. The van der Waals surface area contributed by atoms with E-state index < -0.39 is 0 Å². The summed E-state index contributed by atoms with van der Waals surface area (Å²) in [5.74, 6) is 0.734. The number of rotatable bonds is 6. The average molecular weight is 272 g/mol. The van der Waals surface area contributed by atoms with Gasteiger partial charge in [-0.1, -0.05) is 56.9 Å². The van der Waals surface area contributed by atoms with E-state index in [1.54, 1.807) is 0 Å². The van der Waals surface area contributed by atoms with E-state index in [1.165, 1.54) is 37.7 Å². The van der Waals surface area contributed by atoms with Crippen LogP contribution in [0.2, 0.25) is 0 Å². The molecule has 0 heterocycles. The third kappa shape index (κ3) is 3.92. The monoisotopic (exact) mass is 272 g/mol. The fourth-order valence-corrected chi connectivity index (χ4v) is 2.99. The molecule has 1 amide bonds. The van der Waals surface area contributed by atoms with Crippen molar-refractivity contribution in [3.63, 3.8) is 0 Å². The molecule has 0 bridgehead atoms. The summed E-state index contributed by atoms with van der Waals surface area (Å²) in [5, 5.41) is 4.14. The van der Waals surface area contributed by atoms with E-state index >= 15 is 0 Å². The number of benzene rings is 1. The Morgan fingerprint density at radius 2 is 1.95 bits per heavy atom. The van der Waals surface area contributed by atoms with Crippen LogP contribution in [0.25, 0.3) is 0 Å². The van der Waals surface area contributed by atoms with E-state index in [4.69, 9.17) is 0 Å². The maximum Gasteiger partial charge on any atom is 0.227 e. The van der Waals surface area contributed by atoms with Crippen LogP contribution < -0.4 is 5.43 Å². The van der Waals surface area contributed by atoms with Crippen molar-refractivity contribution < 1.29 is 4.79 Å². The molecule has 20 heavy (non-hydrogen) atoms. The number of nitrogens with zero attached hydrogens (tertiary/aromatic N) is 1. The minimum absolute atomic E-state index is 0.617. The molecular weight excluding hydrogens is 248 g/mol. The van der Waals surface area contributed by atoms with Gasteiger partial charge in [-0.05, 0) is 36.3 Å². The molecule has 1 aliphatic rings. The van der Waals surface area contributed by atoms with Crippen molar-refractivity contribution >= 4 is 12.1 Å². The van der Waals surface area contributed by atoms with Crippen molar-refractivity contribution in [2.75, 3.05) is 0 Å². The lowest BCUT2D eigenvalue weighted by Crippen LogP contribution is -2.10. The topological polar surface area (TPSA) is 41.5 Å². The zero-order valence-electron chi connectivity index (χ0n) is 12.3. The summed E-state index contributed by atoms with van der Waals surface area (Å²) in [6, 6.07) is 8.75. The normalized spacial score (nSPS) is 16.9. The first-order valence-electron chi connectivity index (χ1n) is 7.71. The maximum absolute atomic E-state index is 10.4.